The van der Waals surface area contributed by atoms with Gasteiger partial charge in [-0.3, -0.25) is 0 Å². The molecule has 0 aliphatic carbocycles. The first-order valence-corrected chi connectivity index (χ1v) is 4.30. The zero-order chi connectivity index (χ0) is 9.52. The highest BCUT2D eigenvalue weighted by atomic mass is 16.5. The zero-order valence-electron chi connectivity index (χ0n) is 7.90. The molecule has 1 rings (SSSR count). The van der Waals surface area contributed by atoms with Crippen molar-refractivity contribution in [1.29, 1.82) is 0 Å². The third-order valence-electron chi connectivity index (χ3n) is 1.75. The maximum absolute atomic E-state index is 5.38. The van der Waals surface area contributed by atoms with E-state index in [4.69, 9.17) is 9.47 Å². The van der Waals surface area contributed by atoms with E-state index in [2.05, 4.69) is 6.92 Å². The van der Waals surface area contributed by atoms with Crippen molar-refractivity contribution in [3.63, 3.8) is 0 Å². The molecule has 0 fully saturated rings. The smallest absolute Gasteiger partial charge is 0.0805 e. The van der Waals surface area contributed by atoms with Gasteiger partial charge in [0.25, 0.3) is 0 Å². The first kappa shape index (κ1) is 10.2. The van der Waals surface area contributed by atoms with E-state index in [0.717, 1.165) is 0 Å². The van der Waals surface area contributed by atoms with Crippen molar-refractivity contribution in [2.24, 2.45) is 0 Å². The largest absolute Gasteiger partial charge is 0.379 e. The molecular formula is C11H15O2. The number of hydrogen-bond donors (Lipinski definition) is 0. The Balaban J connectivity index is 2.20. The summed E-state index contributed by atoms with van der Waals surface area (Å²) in [6.45, 7) is 4.89. The van der Waals surface area contributed by atoms with Crippen LogP contribution in [0.2, 0.25) is 0 Å². The SMILES string of the molecule is [CH2]C(COCc1ccccc1)OC. The Hall–Kier alpha value is -0.860. The van der Waals surface area contributed by atoms with Crippen LogP contribution < -0.4 is 0 Å². The van der Waals surface area contributed by atoms with Crippen LogP contribution in [0.15, 0.2) is 30.3 Å². The Morgan fingerprint density at radius 3 is 2.62 bits per heavy atom. The molecule has 0 saturated carbocycles. The predicted octanol–water partition coefficient (Wildman–Crippen LogP) is 2.05. The Morgan fingerprint density at radius 2 is 2.00 bits per heavy atom. The van der Waals surface area contributed by atoms with Crippen LogP contribution in [0.1, 0.15) is 5.56 Å². The first-order chi connectivity index (χ1) is 6.33. The number of rotatable bonds is 5. The molecular weight excluding hydrogens is 164 g/mol. The lowest BCUT2D eigenvalue weighted by Gasteiger charge is -2.09. The van der Waals surface area contributed by atoms with Gasteiger partial charge in [-0.1, -0.05) is 30.3 Å². The molecule has 0 aliphatic heterocycles. The van der Waals surface area contributed by atoms with E-state index in [0.29, 0.717) is 13.2 Å². The maximum Gasteiger partial charge on any atom is 0.0805 e. The Kier molecular flexibility index (Phi) is 4.50. The highest BCUT2D eigenvalue weighted by Gasteiger charge is 1.98. The maximum atomic E-state index is 5.38. The topological polar surface area (TPSA) is 18.5 Å². The number of benzene rings is 1. The van der Waals surface area contributed by atoms with Gasteiger partial charge in [-0.05, 0) is 12.5 Å². The van der Waals surface area contributed by atoms with Crippen molar-refractivity contribution in [3.05, 3.63) is 42.8 Å². The fourth-order valence-electron chi connectivity index (χ4n) is 0.950. The van der Waals surface area contributed by atoms with Gasteiger partial charge in [-0.25, -0.2) is 0 Å². The summed E-state index contributed by atoms with van der Waals surface area (Å²) in [5, 5.41) is 0. The fraction of sp³-hybridized carbons (Fsp3) is 0.364. The van der Waals surface area contributed by atoms with Crippen LogP contribution in [-0.4, -0.2) is 19.8 Å². The van der Waals surface area contributed by atoms with Crippen LogP contribution in [0.3, 0.4) is 0 Å². The molecule has 1 radical (unpaired) electrons. The number of methoxy groups -OCH3 is 1. The normalized spacial score (nSPS) is 12.8. The van der Waals surface area contributed by atoms with Gasteiger partial charge in [0.1, 0.15) is 0 Å². The van der Waals surface area contributed by atoms with Crippen molar-refractivity contribution >= 4 is 0 Å². The second-order valence-corrected chi connectivity index (χ2v) is 2.86. The van der Waals surface area contributed by atoms with E-state index in [1.165, 1.54) is 5.56 Å². The van der Waals surface area contributed by atoms with Crippen LogP contribution in [0.25, 0.3) is 0 Å². The molecule has 0 N–H and O–H groups in total. The molecule has 0 aromatic heterocycles. The van der Waals surface area contributed by atoms with Gasteiger partial charge in [0.05, 0.1) is 19.3 Å². The van der Waals surface area contributed by atoms with Crippen molar-refractivity contribution in [2.75, 3.05) is 13.7 Å². The van der Waals surface area contributed by atoms with Crippen molar-refractivity contribution in [2.45, 2.75) is 12.7 Å². The molecule has 0 spiro atoms. The number of ether oxygens (including phenoxy) is 2. The molecule has 71 valence electrons. The second-order valence-electron chi connectivity index (χ2n) is 2.86. The van der Waals surface area contributed by atoms with Crippen LogP contribution in [0, 0.1) is 6.92 Å². The molecule has 1 aromatic rings. The highest BCUT2D eigenvalue weighted by molar-refractivity contribution is 5.13. The van der Waals surface area contributed by atoms with Gasteiger partial charge < -0.3 is 9.47 Å². The first-order valence-electron chi connectivity index (χ1n) is 4.30. The van der Waals surface area contributed by atoms with Crippen LogP contribution in [0.5, 0.6) is 0 Å². The summed E-state index contributed by atoms with van der Waals surface area (Å²) in [6, 6.07) is 10.0. The Morgan fingerprint density at radius 1 is 1.31 bits per heavy atom. The third-order valence-corrected chi connectivity index (χ3v) is 1.75. The molecule has 0 heterocycles. The molecule has 2 heteroatoms. The Bertz CT molecular complexity index is 221. The van der Waals surface area contributed by atoms with Crippen molar-refractivity contribution in [1.82, 2.24) is 0 Å². The lowest BCUT2D eigenvalue weighted by molar-refractivity contribution is 0.0244. The van der Waals surface area contributed by atoms with Gasteiger partial charge in [-0.15, -0.1) is 0 Å². The summed E-state index contributed by atoms with van der Waals surface area (Å²) in [5.74, 6) is 0. The van der Waals surface area contributed by atoms with E-state index in [9.17, 15) is 0 Å². The van der Waals surface area contributed by atoms with Gasteiger partial charge in [-0.2, -0.15) is 0 Å². The lowest BCUT2D eigenvalue weighted by Crippen LogP contribution is -2.13. The van der Waals surface area contributed by atoms with Crippen LogP contribution >= 0.6 is 0 Å². The third kappa shape index (κ3) is 4.06. The highest BCUT2D eigenvalue weighted by Crippen LogP contribution is 2.01. The van der Waals surface area contributed by atoms with E-state index in [1.54, 1.807) is 7.11 Å². The molecule has 1 atom stereocenters. The van der Waals surface area contributed by atoms with Crippen LogP contribution in [-0.2, 0) is 16.1 Å². The standard InChI is InChI=1S/C11H15O2/c1-10(12-2)8-13-9-11-6-4-3-5-7-11/h3-7,10H,1,8-9H2,2H3. The number of hydrogen-bond acceptors (Lipinski definition) is 2. The predicted molar refractivity (Wildman–Crippen MR) is 52.3 cm³/mol. The van der Waals surface area contributed by atoms with Crippen molar-refractivity contribution in [3.8, 4) is 0 Å². The molecule has 0 saturated heterocycles. The molecule has 0 aliphatic rings. The van der Waals surface area contributed by atoms with E-state index < -0.39 is 0 Å². The van der Waals surface area contributed by atoms with E-state index >= 15 is 0 Å². The Labute approximate surface area is 79.5 Å². The van der Waals surface area contributed by atoms with Gasteiger partial charge in [0.2, 0.25) is 0 Å². The molecule has 13 heavy (non-hydrogen) atoms. The monoisotopic (exact) mass is 179 g/mol. The molecule has 2 nitrogen and oxygen atoms in total. The summed E-state index contributed by atoms with van der Waals surface area (Å²) in [7, 11) is 1.63. The van der Waals surface area contributed by atoms with Gasteiger partial charge in [0, 0.05) is 7.11 Å². The quantitative estimate of drug-likeness (QED) is 0.688. The average molecular weight is 179 g/mol. The minimum absolute atomic E-state index is 0.0799. The minimum Gasteiger partial charge on any atom is -0.379 e. The minimum atomic E-state index is -0.0799. The summed E-state index contributed by atoms with van der Waals surface area (Å²) < 4.78 is 10.3. The fourth-order valence-corrected chi connectivity index (χ4v) is 0.950. The van der Waals surface area contributed by atoms with E-state index in [1.807, 2.05) is 30.3 Å². The van der Waals surface area contributed by atoms with Gasteiger partial charge >= 0.3 is 0 Å². The molecule has 1 unspecified atom stereocenters. The molecule has 1 aromatic carbocycles. The van der Waals surface area contributed by atoms with Crippen molar-refractivity contribution < 1.29 is 9.47 Å². The average Bonchev–Trinajstić information content (AvgIpc) is 2.19. The zero-order valence-corrected chi connectivity index (χ0v) is 7.90. The van der Waals surface area contributed by atoms with Gasteiger partial charge in [0.15, 0.2) is 0 Å². The molecule has 0 amide bonds. The summed E-state index contributed by atoms with van der Waals surface area (Å²) in [5.41, 5.74) is 1.17. The second kappa shape index (κ2) is 5.73. The lowest BCUT2D eigenvalue weighted by atomic mass is 10.2. The van der Waals surface area contributed by atoms with E-state index in [-0.39, 0.29) is 6.10 Å². The van der Waals surface area contributed by atoms with Crippen LogP contribution in [0.4, 0.5) is 0 Å². The summed E-state index contributed by atoms with van der Waals surface area (Å²) >= 11 is 0. The molecule has 0 bridgehead atoms. The summed E-state index contributed by atoms with van der Waals surface area (Å²) in [6.07, 6.45) is -0.0799. The summed E-state index contributed by atoms with van der Waals surface area (Å²) in [4.78, 5) is 0.